The lowest BCUT2D eigenvalue weighted by Crippen LogP contribution is -2.18. The molecule has 0 saturated heterocycles. The van der Waals surface area contributed by atoms with Gasteiger partial charge in [-0.3, -0.25) is 0 Å². The highest BCUT2D eigenvalue weighted by atomic mass is 16.3. The highest BCUT2D eigenvalue weighted by Gasteiger charge is 2.11. The lowest BCUT2D eigenvalue weighted by molar-refractivity contribution is 0.481. The zero-order chi connectivity index (χ0) is 14.7. The third kappa shape index (κ3) is 3.39. The molecule has 2 aromatic heterocycles. The summed E-state index contributed by atoms with van der Waals surface area (Å²) in [5.74, 6) is 3.20. The van der Waals surface area contributed by atoms with E-state index in [9.17, 15) is 0 Å². The van der Waals surface area contributed by atoms with Crippen LogP contribution in [0, 0.1) is 6.92 Å². The molecular formula is C16H23N3O. The van der Waals surface area contributed by atoms with Crippen molar-refractivity contribution in [3.63, 3.8) is 0 Å². The van der Waals surface area contributed by atoms with Crippen molar-refractivity contribution in [1.29, 1.82) is 0 Å². The van der Waals surface area contributed by atoms with E-state index in [1.165, 1.54) is 0 Å². The van der Waals surface area contributed by atoms with Gasteiger partial charge in [0.25, 0.3) is 0 Å². The number of aromatic nitrogens is 1. The molecule has 0 aromatic carbocycles. The largest absolute Gasteiger partial charge is 0.464 e. The van der Waals surface area contributed by atoms with Gasteiger partial charge in [0.05, 0.1) is 6.54 Å². The molecule has 0 atom stereocenters. The van der Waals surface area contributed by atoms with Gasteiger partial charge in [-0.25, -0.2) is 4.98 Å². The summed E-state index contributed by atoms with van der Waals surface area (Å²) in [6, 6.07) is 8.11. The fraction of sp³-hybridized carbons (Fsp3) is 0.438. The number of anilines is 1. The zero-order valence-electron chi connectivity index (χ0n) is 12.7. The van der Waals surface area contributed by atoms with Crippen molar-refractivity contribution in [1.82, 2.24) is 4.98 Å². The Morgan fingerprint density at radius 1 is 1.30 bits per heavy atom. The molecule has 20 heavy (non-hydrogen) atoms. The number of hydrogen-bond donors (Lipinski definition) is 1. The van der Waals surface area contributed by atoms with E-state index in [2.05, 4.69) is 24.8 Å². The van der Waals surface area contributed by atoms with Crippen LogP contribution in [0.1, 0.15) is 42.5 Å². The molecule has 0 unspecified atom stereocenters. The Bertz CT molecular complexity index is 575. The summed E-state index contributed by atoms with van der Waals surface area (Å²) in [5, 5.41) is 0. The molecule has 0 radical (unpaired) electrons. The van der Waals surface area contributed by atoms with Crippen LogP contribution in [0.2, 0.25) is 0 Å². The van der Waals surface area contributed by atoms with E-state index in [0.29, 0.717) is 19.0 Å². The van der Waals surface area contributed by atoms with Gasteiger partial charge in [-0.05, 0) is 42.7 Å². The molecular weight excluding hydrogens is 250 g/mol. The van der Waals surface area contributed by atoms with E-state index in [0.717, 1.165) is 28.6 Å². The maximum absolute atomic E-state index is 5.78. The monoisotopic (exact) mass is 273 g/mol. The van der Waals surface area contributed by atoms with Crippen molar-refractivity contribution < 1.29 is 4.42 Å². The predicted molar refractivity (Wildman–Crippen MR) is 81.8 cm³/mol. The lowest BCUT2D eigenvalue weighted by atomic mass is 10.1. The molecule has 4 heteroatoms. The molecule has 0 saturated carbocycles. The molecule has 4 nitrogen and oxygen atoms in total. The molecule has 2 aromatic rings. The third-order valence-corrected chi connectivity index (χ3v) is 3.30. The molecule has 2 N–H and O–H groups in total. The van der Waals surface area contributed by atoms with Crippen molar-refractivity contribution in [2.45, 2.75) is 39.8 Å². The summed E-state index contributed by atoms with van der Waals surface area (Å²) in [4.78, 5) is 6.80. The van der Waals surface area contributed by atoms with Gasteiger partial charge in [-0.2, -0.15) is 0 Å². The van der Waals surface area contributed by atoms with Crippen molar-refractivity contribution in [3.8, 4) is 0 Å². The van der Waals surface area contributed by atoms with Crippen LogP contribution in [0.5, 0.6) is 0 Å². The van der Waals surface area contributed by atoms with Gasteiger partial charge >= 0.3 is 0 Å². The maximum atomic E-state index is 5.78. The number of nitrogens with two attached hydrogens (primary N) is 1. The smallest absolute Gasteiger partial charge is 0.129 e. The van der Waals surface area contributed by atoms with Crippen LogP contribution in [0.4, 0.5) is 5.82 Å². The number of pyridine rings is 1. The molecule has 2 rings (SSSR count). The Labute approximate surface area is 120 Å². The Hall–Kier alpha value is -1.81. The van der Waals surface area contributed by atoms with Crippen molar-refractivity contribution in [3.05, 3.63) is 47.0 Å². The fourth-order valence-electron chi connectivity index (χ4n) is 2.09. The van der Waals surface area contributed by atoms with E-state index in [4.69, 9.17) is 15.1 Å². The fourth-order valence-corrected chi connectivity index (χ4v) is 2.09. The first-order valence-electron chi connectivity index (χ1n) is 6.97. The van der Waals surface area contributed by atoms with E-state index >= 15 is 0 Å². The van der Waals surface area contributed by atoms with E-state index < -0.39 is 0 Å². The van der Waals surface area contributed by atoms with Gasteiger partial charge in [0.15, 0.2) is 0 Å². The number of nitrogens with zero attached hydrogens (tertiary/aromatic N) is 2. The molecule has 0 bridgehead atoms. The quantitative estimate of drug-likeness (QED) is 0.909. The highest BCUT2D eigenvalue weighted by molar-refractivity contribution is 5.43. The Balaban J connectivity index is 2.24. The van der Waals surface area contributed by atoms with Crippen LogP contribution >= 0.6 is 0 Å². The molecule has 0 amide bonds. The minimum Gasteiger partial charge on any atom is -0.464 e. The first-order valence-corrected chi connectivity index (χ1v) is 6.97. The van der Waals surface area contributed by atoms with Gasteiger partial charge in [0.1, 0.15) is 17.3 Å². The zero-order valence-corrected chi connectivity index (χ0v) is 12.7. The van der Waals surface area contributed by atoms with Crippen molar-refractivity contribution in [2.24, 2.45) is 5.73 Å². The lowest BCUT2D eigenvalue weighted by Gasteiger charge is -2.19. The number of furan rings is 1. The molecule has 108 valence electrons. The number of rotatable bonds is 5. The Kier molecular flexibility index (Phi) is 4.45. The third-order valence-electron chi connectivity index (χ3n) is 3.30. The van der Waals surface area contributed by atoms with Gasteiger partial charge in [-0.15, -0.1) is 0 Å². The van der Waals surface area contributed by atoms with Gasteiger partial charge in [0, 0.05) is 19.3 Å². The summed E-state index contributed by atoms with van der Waals surface area (Å²) < 4.78 is 5.62. The van der Waals surface area contributed by atoms with Crippen molar-refractivity contribution in [2.75, 3.05) is 11.9 Å². The normalized spacial score (nSPS) is 11.1. The topological polar surface area (TPSA) is 55.3 Å². The van der Waals surface area contributed by atoms with Gasteiger partial charge < -0.3 is 15.1 Å². The number of hydrogen-bond acceptors (Lipinski definition) is 4. The van der Waals surface area contributed by atoms with E-state index in [1.807, 2.05) is 32.2 Å². The molecule has 0 aliphatic carbocycles. The van der Waals surface area contributed by atoms with Gasteiger partial charge in [-0.1, -0.05) is 13.8 Å². The minimum absolute atomic E-state index is 0.388. The second-order valence-electron chi connectivity index (χ2n) is 5.49. The summed E-state index contributed by atoms with van der Waals surface area (Å²) in [7, 11) is 2.02. The van der Waals surface area contributed by atoms with E-state index in [1.54, 1.807) is 0 Å². The minimum atomic E-state index is 0.388. The van der Waals surface area contributed by atoms with Crippen LogP contribution < -0.4 is 10.6 Å². The predicted octanol–water partition coefficient (Wildman–Crippen LogP) is 3.20. The first-order chi connectivity index (χ1) is 9.49. The molecule has 0 aliphatic heterocycles. The molecule has 0 spiro atoms. The van der Waals surface area contributed by atoms with Crippen LogP contribution in [0.25, 0.3) is 0 Å². The Morgan fingerprint density at radius 3 is 2.60 bits per heavy atom. The average Bonchev–Trinajstić information content (AvgIpc) is 2.83. The highest BCUT2D eigenvalue weighted by Crippen LogP contribution is 2.21. The van der Waals surface area contributed by atoms with Crippen LogP contribution in [0.3, 0.4) is 0 Å². The maximum Gasteiger partial charge on any atom is 0.129 e. The van der Waals surface area contributed by atoms with Crippen LogP contribution in [-0.4, -0.2) is 12.0 Å². The molecule has 2 heterocycles. The SMILES string of the molecule is Cc1ccc(CN(C)c2cc(CN)cc(C(C)C)n2)o1. The van der Waals surface area contributed by atoms with E-state index in [-0.39, 0.29) is 0 Å². The molecule has 0 aliphatic rings. The van der Waals surface area contributed by atoms with Crippen LogP contribution in [0.15, 0.2) is 28.7 Å². The summed E-state index contributed by atoms with van der Waals surface area (Å²) in [5.41, 5.74) is 7.97. The summed E-state index contributed by atoms with van der Waals surface area (Å²) >= 11 is 0. The first kappa shape index (κ1) is 14.6. The molecule has 0 fully saturated rings. The average molecular weight is 273 g/mol. The van der Waals surface area contributed by atoms with Crippen LogP contribution in [-0.2, 0) is 13.1 Å². The number of aryl methyl sites for hydroxylation is 1. The summed E-state index contributed by atoms with van der Waals surface area (Å²) in [6.45, 7) is 7.47. The van der Waals surface area contributed by atoms with Crippen molar-refractivity contribution >= 4 is 5.82 Å². The second kappa shape index (κ2) is 6.09. The second-order valence-corrected chi connectivity index (χ2v) is 5.49. The van der Waals surface area contributed by atoms with Gasteiger partial charge in [0.2, 0.25) is 0 Å². The standard InChI is InChI=1S/C16H23N3O/c1-11(2)15-7-13(9-17)8-16(18-15)19(4)10-14-6-5-12(3)20-14/h5-8,11H,9-10,17H2,1-4H3. The Morgan fingerprint density at radius 2 is 2.05 bits per heavy atom. The summed E-state index contributed by atoms with van der Waals surface area (Å²) in [6.07, 6.45) is 0.